The molecular weight excluding hydrogens is 340 g/mol. The van der Waals surface area contributed by atoms with Crippen LogP contribution in [-0.2, 0) is 20.7 Å². The second-order valence-corrected chi connectivity index (χ2v) is 5.68. The number of nitrogens with one attached hydrogen (secondary N) is 2. The van der Waals surface area contributed by atoms with Crippen LogP contribution in [0.25, 0.3) is 0 Å². The van der Waals surface area contributed by atoms with E-state index in [-0.39, 0.29) is 12.5 Å². The number of benzene rings is 1. The van der Waals surface area contributed by atoms with Crippen LogP contribution in [0.1, 0.15) is 18.4 Å². The Kier molecular flexibility index (Phi) is 5.32. The molecule has 0 atom stereocenters. The number of rotatable bonds is 5. The van der Waals surface area contributed by atoms with Crippen LogP contribution in [-0.4, -0.2) is 30.6 Å². The SMILES string of the molecule is O=C(COC(=O)Cc1ccc(Br)cc1)NC(=O)NC1CC1. The van der Waals surface area contributed by atoms with Crippen LogP contribution in [0.5, 0.6) is 0 Å². The molecule has 0 radical (unpaired) electrons. The molecule has 1 fully saturated rings. The summed E-state index contributed by atoms with van der Waals surface area (Å²) in [6.45, 7) is -0.465. The molecule has 21 heavy (non-hydrogen) atoms. The van der Waals surface area contributed by atoms with Crippen LogP contribution in [0.4, 0.5) is 4.79 Å². The average molecular weight is 355 g/mol. The normalized spacial score (nSPS) is 13.4. The standard InChI is InChI=1S/C14H15BrN2O4/c15-10-3-1-9(2-4-10)7-13(19)21-8-12(18)17-14(20)16-11-5-6-11/h1-4,11H,5-8H2,(H2,16,17,18,20). The lowest BCUT2D eigenvalue weighted by Crippen LogP contribution is -2.42. The summed E-state index contributed by atoms with van der Waals surface area (Å²) in [4.78, 5) is 34.2. The smallest absolute Gasteiger partial charge is 0.321 e. The fourth-order valence-electron chi connectivity index (χ4n) is 1.58. The summed E-state index contributed by atoms with van der Waals surface area (Å²) in [5, 5.41) is 4.71. The Labute approximate surface area is 130 Å². The van der Waals surface area contributed by atoms with E-state index >= 15 is 0 Å². The van der Waals surface area contributed by atoms with Crippen molar-refractivity contribution >= 4 is 33.8 Å². The first kappa shape index (κ1) is 15.5. The highest BCUT2D eigenvalue weighted by molar-refractivity contribution is 9.10. The Hall–Kier alpha value is -1.89. The van der Waals surface area contributed by atoms with Gasteiger partial charge in [-0.2, -0.15) is 0 Å². The van der Waals surface area contributed by atoms with Gasteiger partial charge in [0.1, 0.15) is 0 Å². The molecule has 1 aliphatic rings. The van der Waals surface area contributed by atoms with E-state index in [9.17, 15) is 14.4 Å². The summed E-state index contributed by atoms with van der Waals surface area (Å²) in [6.07, 6.45) is 1.95. The molecule has 1 saturated carbocycles. The van der Waals surface area contributed by atoms with Gasteiger partial charge in [0.2, 0.25) is 0 Å². The summed E-state index contributed by atoms with van der Waals surface area (Å²) in [6, 6.07) is 6.82. The highest BCUT2D eigenvalue weighted by Gasteiger charge is 2.24. The Morgan fingerprint density at radius 2 is 1.86 bits per heavy atom. The minimum Gasteiger partial charge on any atom is -0.455 e. The molecule has 1 aromatic rings. The zero-order valence-electron chi connectivity index (χ0n) is 11.2. The van der Waals surface area contributed by atoms with Crippen LogP contribution in [0.15, 0.2) is 28.7 Å². The first-order chi connectivity index (χ1) is 10.0. The van der Waals surface area contributed by atoms with Crippen molar-refractivity contribution in [3.63, 3.8) is 0 Å². The summed E-state index contributed by atoms with van der Waals surface area (Å²) < 4.78 is 5.73. The lowest BCUT2D eigenvalue weighted by Gasteiger charge is -2.06. The predicted molar refractivity (Wildman–Crippen MR) is 78.5 cm³/mol. The number of esters is 1. The first-order valence-electron chi connectivity index (χ1n) is 6.53. The molecule has 0 bridgehead atoms. The Morgan fingerprint density at radius 1 is 1.19 bits per heavy atom. The number of amides is 3. The zero-order valence-corrected chi connectivity index (χ0v) is 12.8. The number of hydrogen-bond acceptors (Lipinski definition) is 4. The number of carbonyl (C=O) groups excluding carboxylic acids is 3. The Bertz CT molecular complexity index is 540. The molecule has 0 aromatic heterocycles. The molecule has 2 rings (SSSR count). The largest absolute Gasteiger partial charge is 0.455 e. The van der Waals surface area contributed by atoms with Gasteiger partial charge in [0.25, 0.3) is 5.91 Å². The molecule has 112 valence electrons. The van der Waals surface area contributed by atoms with E-state index in [1.54, 1.807) is 12.1 Å². The molecule has 2 N–H and O–H groups in total. The molecule has 0 spiro atoms. The third-order valence-corrected chi connectivity index (χ3v) is 3.32. The zero-order chi connectivity index (χ0) is 15.2. The van der Waals surface area contributed by atoms with E-state index in [2.05, 4.69) is 26.6 Å². The van der Waals surface area contributed by atoms with Crippen molar-refractivity contribution in [1.82, 2.24) is 10.6 Å². The second kappa shape index (κ2) is 7.21. The van der Waals surface area contributed by atoms with Gasteiger partial charge in [-0.25, -0.2) is 4.79 Å². The van der Waals surface area contributed by atoms with Crippen molar-refractivity contribution in [1.29, 1.82) is 0 Å². The molecule has 0 saturated heterocycles. The predicted octanol–water partition coefficient (Wildman–Crippen LogP) is 1.52. The highest BCUT2D eigenvalue weighted by Crippen LogP contribution is 2.18. The van der Waals surface area contributed by atoms with Crippen LogP contribution < -0.4 is 10.6 Å². The van der Waals surface area contributed by atoms with Gasteiger partial charge in [-0.3, -0.25) is 14.9 Å². The number of ether oxygens (including phenoxy) is 1. The van der Waals surface area contributed by atoms with Gasteiger partial charge < -0.3 is 10.1 Å². The van der Waals surface area contributed by atoms with Crippen LogP contribution in [0, 0.1) is 0 Å². The molecule has 0 heterocycles. The maximum Gasteiger partial charge on any atom is 0.321 e. The molecule has 1 aliphatic carbocycles. The van der Waals surface area contributed by atoms with Crippen molar-refractivity contribution < 1.29 is 19.1 Å². The van der Waals surface area contributed by atoms with Crippen molar-refractivity contribution in [2.24, 2.45) is 0 Å². The highest BCUT2D eigenvalue weighted by atomic mass is 79.9. The molecular formula is C14H15BrN2O4. The molecule has 1 aromatic carbocycles. The summed E-state index contributed by atoms with van der Waals surface area (Å²) >= 11 is 3.30. The number of urea groups is 1. The fourth-order valence-corrected chi connectivity index (χ4v) is 1.84. The summed E-state index contributed by atoms with van der Waals surface area (Å²) in [7, 11) is 0. The van der Waals surface area contributed by atoms with Gasteiger partial charge in [-0.15, -0.1) is 0 Å². The van der Waals surface area contributed by atoms with Crippen LogP contribution in [0.2, 0.25) is 0 Å². The minimum atomic E-state index is -0.641. The van der Waals surface area contributed by atoms with E-state index in [1.807, 2.05) is 12.1 Å². The Balaban J connectivity index is 1.66. The lowest BCUT2D eigenvalue weighted by molar-refractivity contribution is -0.147. The molecule has 6 nitrogen and oxygen atoms in total. The first-order valence-corrected chi connectivity index (χ1v) is 7.32. The maximum atomic E-state index is 11.6. The van der Waals surface area contributed by atoms with E-state index in [0.717, 1.165) is 22.9 Å². The fraction of sp³-hybridized carbons (Fsp3) is 0.357. The number of imide groups is 1. The van der Waals surface area contributed by atoms with Gasteiger partial charge in [-0.1, -0.05) is 28.1 Å². The van der Waals surface area contributed by atoms with Crippen molar-refractivity contribution in [3.8, 4) is 0 Å². The van der Waals surface area contributed by atoms with E-state index in [1.165, 1.54) is 0 Å². The quantitative estimate of drug-likeness (QED) is 0.785. The summed E-state index contributed by atoms with van der Waals surface area (Å²) in [5.74, 6) is -1.16. The third-order valence-electron chi connectivity index (χ3n) is 2.79. The van der Waals surface area contributed by atoms with Gasteiger partial charge in [0.15, 0.2) is 6.61 Å². The van der Waals surface area contributed by atoms with E-state index < -0.39 is 24.5 Å². The summed E-state index contributed by atoms with van der Waals surface area (Å²) in [5.41, 5.74) is 0.787. The van der Waals surface area contributed by atoms with Gasteiger partial charge in [0, 0.05) is 10.5 Å². The molecule has 0 aliphatic heterocycles. The van der Waals surface area contributed by atoms with Crippen LogP contribution in [0.3, 0.4) is 0 Å². The monoisotopic (exact) mass is 354 g/mol. The van der Waals surface area contributed by atoms with Gasteiger partial charge in [-0.05, 0) is 30.5 Å². The Morgan fingerprint density at radius 3 is 2.48 bits per heavy atom. The molecule has 3 amide bonds. The lowest BCUT2D eigenvalue weighted by atomic mass is 10.2. The molecule has 7 heteroatoms. The maximum absolute atomic E-state index is 11.6. The van der Waals surface area contributed by atoms with Crippen LogP contribution >= 0.6 is 15.9 Å². The van der Waals surface area contributed by atoms with Crippen molar-refractivity contribution in [2.45, 2.75) is 25.3 Å². The average Bonchev–Trinajstić information content (AvgIpc) is 3.23. The topological polar surface area (TPSA) is 84.5 Å². The second-order valence-electron chi connectivity index (χ2n) is 4.76. The number of carbonyl (C=O) groups is 3. The minimum absolute atomic E-state index is 0.0782. The van der Waals surface area contributed by atoms with E-state index in [4.69, 9.17) is 4.74 Å². The van der Waals surface area contributed by atoms with E-state index in [0.29, 0.717) is 0 Å². The third kappa shape index (κ3) is 5.95. The number of halogens is 1. The number of hydrogen-bond donors (Lipinski definition) is 2. The van der Waals surface area contributed by atoms with Gasteiger partial charge in [0.05, 0.1) is 6.42 Å². The molecule has 0 unspecified atom stereocenters. The van der Waals surface area contributed by atoms with Gasteiger partial charge >= 0.3 is 12.0 Å². The van der Waals surface area contributed by atoms with Crippen molar-refractivity contribution in [2.75, 3.05) is 6.61 Å². The van der Waals surface area contributed by atoms with Crippen molar-refractivity contribution in [3.05, 3.63) is 34.3 Å².